The lowest BCUT2D eigenvalue weighted by Crippen LogP contribution is -2.10. The maximum absolute atomic E-state index is 6.75. The highest BCUT2D eigenvalue weighted by molar-refractivity contribution is 6.22. The first-order chi connectivity index (χ1) is 23.8. The molecule has 0 amide bonds. The van der Waals surface area contributed by atoms with Crippen molar-refractivity contribution in [1.82, 2.24) is 0 Å². The Kier molecular flexibility index (Phi) is 6.84. The van der Waals surface area contributed by atoms with E-state index in [9.17, 15) is 0 Å². The molecule has 0 bridgehead atoms. The van der Waals surface area contributed by atoms with E-state index in [0.717, 1.165) is 44.4 Å². The van der Waals surface area contributed by atoms with Crippen molar-refractivity contribution >= 4 is 49.8 Å². The van der Waals surface area contributed by atoms with Crippen molar-refractivity contribution in [2.75, 3.05) is 4.90 Å². The van der Waals surface area contributed by atoms with Gasteiger partial charge in [-0.25, -0.2) is 0 Å². The van der Waals surface area contributed by atoms with Gasteiger partial charge in [-0.1, -0.05) is 146 Å². The molecule has 1 aromatic heterocycles. The van der Waals surface area contributed by atoms with Crippen LogP contribution in [0.3, 0.4) is 0 Å². The summed E-state index contributed by atoms with van der Waals surface area (Å²) in [5.74, 6) is 0. The van der Waals surface area contributed by atoms with Crippen LogP contribution < -0.4 is 4.90 Å². The van der Waals surface area contributed by atoms with Crippen LogP contribution in [0.2, 0.25) is 0 Å². The van der Waals surface area contributed by atoms with Crippen LogP contribution in [0.5, 0.6) is 0 Å². The maximum Gasteiger partial charge on any atom is 0.143 e. The van der Waals surface area contributed by atoms with Gasteiger partial charge in [-0.3, -0.25) is 0 Å². The van der Waals surface area contributed by atoms with E-state index in [1.807, 2.05) is 0 Å². The first-order valence-electron chi connectivity index (χ1n) is 16.4. The third-order valence-corrected chi connectivity index (χ3v) is 9.27. The summed E-state index contributed by atoms with van der Waals surface area (Å²) in [6, 6.07) is 66.8. The third kappa shape index (κ3) is 4.83. The van der Waals surface area contributed by atoms with Crippen LogP contribution >= 0.6 is 0 Å². The summed E-state index contributed by atoms with van der Waals surface area (Å²) in [5, 5.41) is 4.49. The Morgan fingerprint density at radius 1 is 0.354 bits per heavy atom. The number of benzene rings is 8. The lowest BCUT2D eigenvalue weighted by Gasteiger charge is -2.26. The summed E-state index contributed by atoms with van der Waals surface area (Å²) in [5.41, 5.74) is 12.2. The molecule has 226 valence electrons. The molecule has 48 heavy (non-hydrogen) atoms. The number of hydrogen-bond donors (Lipinski definition) is 0. The second-order valence-corrected chi connectivity index (χ2v) is 12.1. The van der Waals surface area contributed by atoms with Crippen molar-refractivity contribution in [1.29, 1.82) is 0 Å². The molecule has 0 atom stereocenters. The standard InChI is InChI=1S/C46H31NO/c1-4-13-32(14-5-1)34-23-27-37(28-24-34)47(38-29-25-35(26-30-38)33-15-6-2-7-16-33)43-21-12-22-44-45(43)42-31-41(36-17-8-3-9-18-36)39-19-10-11-20-40(39)46(42)48-44/h1-31H. The lowest BCUT2D eigenvalue weighted by atomic mass is 9.95. The van der Waals surface area contributed by atoms with Gasteiger partial charge in [0.25, 0.3) is 0 Å². The molecule has 8 aromatic carbocycles. The van der Waals surface area contributed by atoms with E-state index in [1.54, 1.807) is 0 Å². The van der Waals surface area contributed by atoms with Crippen LogP contribution in [0, 0.1) is 0 Å². The van der Waals surface area contributed by atoms with Gasteiger partial charge in [-0.05, 0) is 81.2 Å². The zero-order valence-corrected chi connectivity index (χ0v) is 26.3. The Bertz CT molecular complexity index is 2430. The Labute approximate surface area is 279 Å². The largest absolute Gasteiger partial charge is 0.455 e. The van der Waals surface area contributed by atoms with E-state index >= 15 is 0 Å². The molecular weight excluding hydrogens is 583 g/mol. The number of nitrogens with zero attached hydrogens (tertiary/aromatic N) is 1. The van der Waals surface area contributed by atoms with Gasteiger partial charge in [0.05, 0.1) is 11.1 Å². The van der Waals surface area contributed by atoms with E-state index in [1.165, 1.54) is 38.8 Å². The molecule has 2 heteroatoms. The van der Waals surface area contributed by atoms with E-state index in [4.69, 9.17) is 4.42 Å². The molecule has 0 aliphatic heterocycles. The van der Waals surface area contributed by atoms with E-state index in [0.29, 0.717) is 0 Å². The fourth-order valence-corrected chi connectivity index (χ4v) is 6.97. The van der Waals surface area contributed by atoms with Crippen molar-refractivity contribution in [2.24, 2.45) is 0 Å². The molecule has 9 aromatic rings. The van der Waals surface area contributed by atoms with Crippen LogP contribution in [0.1, 0.15) is 0 Å². The second-order valence-electron chi connectivity index (χ2n) is 12.1. The molecule has 0 saturated heterocycles. The highest BCUT2D eigenvalue weighted by Crippen LogP contribution is 2.46. The first kappa shape index (κ1) is 27.9. The zero-order chi connectivity index (χ0) is 31.9. The normalized spacial score (nSPS) is 11.3. The highest BCUT2D eigenvalue weighted by atomic mass is 16.3. The summed E-state index contributed by atoms with van der Waals surface area (Å²) in [6.07, 6.45) is 0. The van der Waals surface area contributed by atoms with Crippen LogP contribution in [0.25, 0.3) is 66.1 Å². The molecule has 0 spiro atoms. The fraction of sp³-hybridized carbons (Fsp3) is 0. The Morgan fingerprint density at radius 2 is 0.833 bits per heavy atom. The first-order valence-corrected chi connectivity index (χ1v) is 16.4. The monoisotopic (exact) mass is 613 g/mol. The molecule has 0 N–H and O–H groups in total. The van der Waals surface area contributed by atoms with Crippen LogP contribution in [-0.2, 0) is 0 Å². The Morgan fingerprint density at radius 3 is 1.40 bits per heavy atom. The molecular formula is C46H31NO. The lowest BCUT2D eigenvalue weighted by molar-refractivity contribution is 0.672. The fourth-order valence-electron chi connectivity index (χ4n) is 6.97. The van der Waals surface area contributed by atoms with Crippen LogP contribution in [0.15, 0.2) is 192 Å². The van der Waals surface area contributed by atoms with Crippen molar-refractivity contribution in [3.8, 4) is 33.4 Å². The second kappa shape index (κ2) is 11.8. The number of fused-ring (bicyclic) bond motifs is 5. The Hall–Kier alpha value is -6.38. The minimum Gasteiger partial charge on any atom is -0.455 e. The molecule has 2 nitrogen and oxygen atoms in total. The number of rotatable bonds is 6. The number of hydrogen-bond acceptors (Lipinski definition) is 2. The van der Waals surface area contributed by atoms with Gasteiger partial charge in [-0.2, -0.15) is 0 Å². The van der Waals surface area contributed by atoms with Crippen molar-refractivity contribution in [3.63, 3.8) is 0 Å². The molecule has 0 unspecified atom stereocenters. The van der Waals surface area contributed by atoms with Crippen LogP contribution in [-0.4, -0.2) is 0 Å². The van der Waals surface area contributed by atoms with Gasteiger partial charge in [0, 0.05) is 22.1 Å². The van der Waals surface area contributed by atoms with Gasteiger partial charge in [-0.15, -0.1) is 0 Å². The predicted molar refractivity (Wildman–Crippen MR) is 202 cm³/mol. The van der Waals surface area contributed by atoms with Gasteiger partial charge in [0.2, 0.25) is 0 Å². The SMILES string of the molecule is c1ccc(-c2ccc(N(c3ccc(-c4ccccc4)cc3)c3cccc4oc5c6ccccc6c(-c6ccccc6)cc5c34)cc2)cc1. The van der Waals surface area contributed by atoms with Gasteiger partial charge < -0.3 is 9.32 Å². The summed E-state index contributed by atoms with van der Waals surface area (Å²) < 4.78 is 6.75. The molecule has 9 rings (SSSR count). The van der Waals surface area contributed by atoms with E-state index < -0.39 is 0 Å². The van der Waals surface area contributed by atoms with E-state index in [-0.39, 0.29) is 0 Å². The minimum absolute atomic E-state index is 0.865. The number of furan rings is 1. The molecule has 0 radical (unpaired) electrons. The summed E-state index contributed by atoms with van der Waals surface area (Å²) >= 11 is 0. The summed E-state index contributed by atoms with van der Waals surface area (Å²) in [6.45, 7) is 0. The average molecular weight is 614 g/mol. The molecule has 0 saturated carbocycles. The quantitative estimate of drug-likeness (QED) is 0.185. The smallest absolute Gasteiger partial charge is 0.143 e. The van der Waals surface area contributed by atoms with Crippen molar-refractivity contribution in [2.45, 2.75) is 0 Å². The number of anilines is 3. The summed E-state index contributed by atoms with van der Waals surface area (Å²) in [4.78, 5) is 2.36. The third-order valence-electron chi connectivity index (χ3n) is 9.27. The molecule has 0 fully saturated rings. The zero-order valence-electron chi connectivity index (χ0n) is 26.3. The van der Waals surface area contributed by atoms with Gasteiger partial charge in [0.15, 0.2) is 0 Å². The van der Waals surface area contributed by atoms with Gasteiger partial charge in [0.1, 0.15) is 11.2 Å². The minimum atomic E-state index is 0.865. The maximum atomic E-state index is 6.75. The van der Waals surface area contributed by atoms with Crippen LogP contribution in [0.4, 0.5) is 17.1 Å². The average Bonchev–Trinajstić information content (AvgIpc) is 3.56. The molecule has 0 aliphatic rings. The highest BCUT2D eigenvalue weighted by Gasteiger charge is 2.22. The topological polar surface area (TPSA) is 16.4 Å². The van der Waals surface area contributed by atoms with E-state index in [2.05, 4.69) is 193 Å². The van der Waals surface area contributed by atoms with Crippen molar-refractivity contribution < 1.29 is 4.42 Å². The van der Waals surface area contributed by atoms with Gasteiger partial charge >= 0.3 is 0 Å². The van der Waals surface area contributed by atoms with Crippen molar-refractivity contribution in [3.05, 3.63) is 188 Å². The Balaban J connectivity index is 1.28. The summed E-state index contributed by atoms with van der Waals surface area (Å²) in [7, 11) is 0. The predicted octanol–water partition coefficient (Wildman–Crippen LogP) is 13.2. The molecule has 0 aliphatic carbocycles. The molecule has 1 heterocycles.